The number of nitrogens with one attached hydrogen (secondary N) is 1. The number of benzene rings is 1. The van der Waals surface area contributed by atoms with Crippen LogP contribution < -0.4 is 10.1 Å². The molecular weight excluding hydrogens is 295 g/mol. The Hall–Kier alpha value is -1.08. The van der Waals surface area contributed by atoms with E-state index in [4.69, 9.17) is 32.7 Å². The van der Waals surface area contributed by atoms with Gasteiger partial charge < -0.3 is 14.8 Å². The minimum absolute atomic E-state index is 0.0870. The number of hydrogen-bond donors (Lipinski definition) is 1. The fourth-order valence-corrected chi connectivity index (χ4v) is 2.28. The Kier molecular flexibility index (Phi) is 4.81. The summed E-state index contributed by atoms with van der Waals surface area (Å²) in [4.78, 5) is 10.1. The highest BCUT2D eigenvalue weighted by Gasteiger charge is 2.19. The maximum atomic E-state index is 10.6. The smallest absolute Gasteiger partial charge is 0.272 e. The van der Waals surface area contributed by atoms with Crippen LogP contribution in [0.5, 0.6) is 5.75 Å². The molecular formula is C11H12Cl2N2O4. The lowest BCUT2D eigenvalue weighted by molar-refractivity contribution is -0.384. The molecule has 0 spiro atoms. The van der Waals surface area contributed by atoms with Crippen LogP contribution in [0.25, 0.3) is 0 Å². The topological polar surface area (TPSA) is 73.6 Å². The van der Waals surface area contributed by atoms with Crippen molar-refractivity contribution in [1.82, 2.24) is 5.32 Å². The third-order valence-corrected chi connectivity index (χ3v) is 3.17. The summed E-state index contributed by atoms with van der Waals surface area (Å²) in [6.45, 7) is 2.40. The van der Waals surface area contributed by atoms with E-state index in [0.29, 0.717) is 13.2 Å². The van der Waals surface area contributed by atoms with Crippen LogP contribution in [-0.2, 0) is 4.74 Å². The second-order valence-electron chi connectivity index (χ2n) is 4.00. The maximum absolute atomic E-state index is 10.6. The summed E-state index contributed by atoms with van der Waals surface area (Å²) in [5, 5.41) is 14.0. The average Bonchev–Trinajstić information content (AvgIpc) is 2.38. The van der Waals surface area contributed by atoms with E-state index in [1.165, 1.54) is 12.1 Å². The van der Waals surface area contributed by atoms with Gasteiger partial charge in [-0.05, 0) is 0 Å². The molecule has 1 unspecified atom stereocenters. The van der Waals surface area contributed by atoms with Gasteiger partial charge in [0.15, 0.2) is 5.75 Å². The Labute approximate surface area is 119 Å². The van der Waals surface area contributed by atoms with Crippen molar-refractivity contribution in [2.75, 3.05) is 26.3 Å². The van der Waals surface area contributed by atoms with Crippen molar-refractivity contribution in [3.05, 3.63) is 32.3 Å². The van der Waals surface area contributed by atoms with Gasteiger partial charge in [0.05, 0.1) is 21.6 Å². The van der Waals surface area contributed by atoms with E-state index in [-0.39, 0.29) is 34.2 Å². The molecule has 1 fully saturated rings. The summed E-state index contributed by atoms with van der Waals surface area (Å²) in [5.41, 5.74) is -0.169. The standard InChI is InChI=1S/C11H12Cl2N2O4/c12-9-3-7(15(16)17)4-10(13)11(9)19-6-8-5-14-1-2-18-8/h3-4,8,14H,1-2,5-6H2. The molecule has 1 atom stereocenters. The summed E-state index contributed by atoms with van der Waals surface area (Å²) >= 11 is 11.9. The molecule has 0 aliphatic carbocycles. The zero-order valence-electron chi connectivity index (χ0n) is 9.90. The monoisotopic (exact) mass is 306 g/mol. The van der Waals surface area contributed by atoms with E-state index in [1.807, 2.05) is 0 Å². The molecule has 1 aliphatic heterocycles. The fourth-order valence-electron chi connectivity index (χ4n) is 1.69. The SMILES string of the molecule is O=[N+]([O-])c1cc(Cl)c(OCC2CNCCO2)c(Cl)c1. The number of rotatable bonds is 4. The molecule has 0 radical (unpaired) electrons. The second kappa shape index (κ2) is 6.38. The molecule has 0 aromatic heterocycles. The van der Waals surface area contributed by atoms with Crippen molar-refractivity contribution >= 4 is 28.9 Å². The van der Waals surface area contributed by atoms with Crippen LogP contribution in [0.1, 0.15) is 0 Å². The predicted octanol–water partition coefficient (Wildman–Crippen LogP) is 2.27. The van der Waals surface area contributed by atoms with Crippen molar-refractivity contribution in [2.45, 2.75) is 6.10 Å². The summed E-state index contributed by atoms with van der Waals surface area (Å²) in [5.74, 6) is 0.239. The van der Waals surface area contributed by atoms with E-state index in [2.05, 4.69) is 5.32 Å². The molecule has 1 aromatic carbocycles. The van der Waals surface area contributed by atoms with E-state index >= 15 is 0 Å². The fraction of sp³-hybridized carbons (Fsp3) is 0.455. The van der Waals surface area contributed by atoms with Gasteiger partial charge in [-0.2, -0.15) is 0 Å². The highest BCUT2D eigenvalue weighted by molar-refractivity contribution is 6.37. The number of morpholine rings is 1. The summed E-state index contributed by atoms with van der Waals surface area (Å²) in [7, 11) is 0. The van der Waals surface area contributed by atoms with Gasteiger partial charge in [0.2, 0.25) is 0 Å². The Morgan fingerprint density at radius 2 is 2.16 bits per heavy atom. The molecule has 1 heterocycles. The van der Waals surface area contributed by atoms with Crippen LogP contribution in [0.3, 0.4) is 0 Å². The molecule has 1 aromatic rings. The van der Waals surface area contributed by atoms with Crippen molar-refractivity contribution in [1.29, 1.82) is 0 Å². The Morgan fingerprint density at radius 3 is 2.68 bits per heavy atom. The highest BCUT2D eigenvalue weighted by Crippen LogP contribution is 2.36. The quantitative estimate of drug-likeness (QED) is 0.682. The first kappa shape index (κ1) is 14.3. The molecule has 104 valence electrons. The van der Waals surface area contributed by atoms with Gasteiger partial charge in [0, 0.05) is 25.2 Å². The van der Waals surface area contributed by atoms with Crippen LogP contribution >= 0.6 is 23.2 Å². The largest absolute Gasteiger partial charge is 0.488 e. The van der Waals surface area contributed by atoms with Crippen LogP contribution in [0.15, 0.2) is 12.1 Å². The number of nitro benzene ring substituents is 1. The average molecular weight is 307 g/mol. The first-order chi connectivity index (χ1) is 9.08. The third kappa shape index (κ3) is 3.70. The molecule has 8 heteroatoms. The predicted molar refractivity (Wildman–Crippen MR) is 71.2 cm³/mol. The lowest BCUT2D eigenvalue weighted by atomic mass is 10.3. The van der Waals surface area contributed by atoms with Gasteiger partial charge in [0.1, 0.15) is 12.7 Å². The lowest BCUT2D eigenvalue weighted by Gasteiger charge is -2.24. The number of halogens is 2. The van der Waals surface area contributed by atoms with Crippen molar-refractivity contribution in [2.24, 2.45) is 0 Å². The molecule has 1 aliphatic rings. The molecule has 19 heavy (non-hydrogen) atoms. The number of nitrogens with zero attached hydrogens (tertiary/aromatic N) is 1. The molecule has 0 saturated carbocycles. The second-order valence-corrected chi connectivity index (χ2v) is 4.82. The summed E-state index contributed by atoms with van der Waals surface area (Å²) < 4.78 is 10.9. The zero-order chi connectivity index (χ0) is 13.8. The van der Waals surface area contributed by atoms with E-state index in [0.717, 1.165) is 6.54 Å². The number of nitro groups is 1. The summed E-state index contributed by atoms with van der Waals surface area (Å²) in [6.07, 6.45) is -0.0870. The van der Waals surface area contributed by atoms with Crippen LogP contribution in [-0.4, -0.2) is 37.3 Å². The van der Waals surface area contributed by atoms with E-state index < -0.39 is 4.92 Å². The van der Waals surface area contributed by atoms with Crippen LogP contribution in [0.4, 0.5) is 5.69 Å². The molecule has 2 rings (SSSR count). The summed E-state index contributed by atoms with van der Waals surface area (Å²) in [6, 6.07) is 2.42. The van der Waals surface area contributed by atoms with Crippen molar-refractivity contribution < 1.29 is 14.4 Å². The molecule has 1 N–H and O–H groups in total. The Morgan fingerprint density at radius 1 is 1.47 bits per heavy atom. The minimum atomic E-state index is -0.560. The van der Waals surface area contributed by atoms with Gasteiger partial charge in [0.25, 0.3) is 5.69 Å². The molecule has 1 saturated heterocycles. The van der Waals surface area contributed by atoms with Gasteiger partial charge in [-0.3, -0.25) is 10.1 Å². The van der Waals surface area contributed by atoms with Gasteiger partial charge in [-0.1, -0.05) is 23.2 Å². The zero-order valence-corrected chi connectivity index (χ0v) is 11.4. The Balaban J connectivity index is 2.05. The number of ether oxygens (including phenoxy) is 2. The highest BCUT2D eigenvalue weighted by atomic mass is 35.5. The normalized spacial score (nSPS) is 19.2. The van der Waals surface area contributed by atoms with Gasteiger partial charge in [-0.15, -0.1) is 0 Å². The molecule has 6 nitrogen and oxygen atoms in total. The molecule has 0 bridgehead atoms. The van der Waals surface area contributed by atoms with E-state index in [9.17, 15) is 10.1 Å². The van der Waals surface area contributed by atoms with Gasteiger partial charge in [-0.25, -0.2) is 0 Å². The maximum Gasteiger partial charge on any atom is 0.272 e. The molecule has 0 amide bonds. The first-order valence-corrected chi connectivity index (χ1v) is 6.42. The minimum Gasteiger partial charge on any atom is -0.488 e. The Bertz CT molecular complexity index is 455. The van der Waals surface area contributed by atoms with E-state index in [1.54, 1.807) is 0 Å². The third-order valence-electron chi connectivity index (χ3n) is 2.61. The van der Waals surface area contributed by atoms with Gasteiger partial charge >= 0.3 is 0 Å². The number of non-ortho nitro benzene ring substituents is 1. The number of hydrogen-bond acceptors (Lipinski definition) is 5. The van der Waals surface area contributed by atoms with Crippen LogP contribution in [0, 0.1) is 10.1 Å². The van der Waals surface area contributed by atoms with Crippen LogP contribution in [0.2, 0.25) is 10.0 Å². The lowest BCUT2D eigenvalue weighted by Crippen LogP contribution is -2.41. The first-order valence-electron chi connectivity index (χ1n) is 5.66. The van der Waals surface area contributed by atoms with Crippen molar-refractivity contribution in [3.63, 3.8) is 0 Å². The van der Waals surface area contributed by atoms with Crippen molar-refractivity contribution in [3.8, 4) is 5.75 Å².